The Labute approximate surface area is 156 Å². The quantitative estimate of drug-likeness (QED) is 0.703. The summed E-state index contributed by atoms with van der Waals surface area (Å²) >= 11 is 0. The van der Waals surface area contributed by atoms with Gasteiger partial charge in [0.1, 0.15) is 0 Å². The average molecular weight is 381 g/mol. The summed E-state index contributed by atoms with van der Waals surface area (Å²) in [7, 11) is -3.54. The van der Waals surface area contributed by atoms with Gasteiger partial charge in [-0.1, -0.05) is 6.42 Å². The fourth-order valence-electron chi connectivity index (χ4n) is 3.33. The Hall–Kier alpha value is -1.44. The maximum Gasteiger partial charge on any atom is 0.240 e. The second-order valence-electron chi connectivity index (χ2n) is 7.33. The summed E-state index contributed by atoms with van der Waals surface area (Å²) in [5.41, 5.74) is 1.80. The molecule has 0 atom stereocenters. The van der Waals surface area contributed by atoms with Crippen LogP contribution in [-0.2, 0) is 26.0 Å². The number of anilines is 1. The van der Waals surface area contributed by atoms with Crippen LogP contribution in [0.3, 0.4) is 0 Å². The van der Waals surface area contributed by atoms with Crippen LogP contribution < -0.4 is 9.62 Å². The number of carbonyl (C=O) groups excluding carboxylic acids is 1. The minimum atomic E-state index is -3.54. The summed E-state index contributed by atoms with van der Waals surface area (Å²) < 4.78 is 33.0. The summed E-state index contributed by atoms with van der Waals surface area (Å²) in [5.74, 6) is 0.341. The summed E-state index contributed by atoms with van der Waals surface area (Å²) in [5, 5.41) is 0. The molecule has 2 aliphatic rings. The van der Waals surface area contributed by atoms with E-state index in [1.807, 2.05) is 18.7 Å². The van der Waals surface area contributed by atoms with Gasteiger partial charge in [0, 0.05) is 31.3 Å². The average Bonchev–Trinajstić information content (AvgIpc) is 2.95. The molecule has 1 saturated carbocycles. The number of nitrogens with one attached hydrogen (secondary N) is 1. The van der Waals surface area contributed by atoms with E-state index in [0.717, 1.165) is 30.5 Å². The highest BCUT2D eigenvalue weighted by atomic mass is 32.2. The van der Waals surface area contributed by atoms with Gasteiger partial charge in [-0.05, 0) is 63.3 Å². The first-order valence-corrected chi connectivity index (χ1v) is 10.9. The Kier molecular flexibility index (Phi) is 5.99. The Bertz CT molecular complexity index is 757. The van der Waals surface area contributed by atoms with E-state index in [1.54, 1.807) is 18.2 Å². The summed E-state index contributed by atoms with van der Waals surface area (Å²) in [6.45, 7) is 5.43. The number of hydrogen-bond donors (Lipinski definition) is 1. The van der Waals surface area contributed by atoms with Crippen LogP contribution in [0.5, 0.6) is 0 Å². The maximum atomic E-state index is 12.5. The zero-order valence-electron chi connectivity index (χ0n) is 15.5. The molecule has 0 saturated heterocycles. The Morgan fingerprint density at radius 1 is 1.35 bits per heavy atom. The highest BCUT2D eigenvalue weighted by molar-refractivity contribution is 7.89. The number of rotatable bonds is 8. The molecule has 1 aromatic carbocycles. The molecule has 0 aromatic heterocycles. The SMILES string of the molecule is CC(C)OCCCNS(=O)(=O)c1ccc2c(c1)CCN2C(=O)C1CCC1. The Morgan fingerprint density at radius 3 is 2.77 bits per heavy atom. The van der Waals surface area contributed by atoms with E-state index in [1.165, 1.54) is 0 Å². The molecule has 0 radical (unpaired) electrons. The first-order chi connectivity index (χ1) is 12.4. The van der Waals surface area contributed by atoms with E-state index >= 15 is 0 Å². The topological polar surface area (TPSA) is 75.7 Å². The predicted molar refractivity (Wildman–Crippen MR) is 101 cm³/mol. The molecule has 1 aromatic rings. The van der Waals surface area contributed by atoms with E-state index in [-0.39, 0.29) is 22.8 Å². The van der Waals surface area contributed by atoms with Crippen molar-refractivity contribution < 1.29 is 17.9 Å². The molecule has 1 aliphatic heterocycles. The number of fused-ring (bicyclic) bond motifs is 1. The second kappa shape index (κ2) is 8.06. The van der Waals surface area contributed by atoms with E-state index < -0.39 is 10.0 Å². The first-order valence-electron chi connectivity index (χ1n) is 9.44. The normalized spacial score (nSPS) is 17.4. The first kappa shape index (κ1) is 19.3. The van der Waals surface area contributed by atoms with Crippen molar-refractivity contribution in [2.24, 2.45) is 5.92 Å². The van der Waals surface area contributed by atoms with Crippen molar-refractivity contribution >= 4 is 21.6 Å². The fourth-order valence-corrected chi connectivity index (χ4v) is 4.46. The molecule has 6 nitrogen and oxygen atoms in total. The van der Waals surface area contributed by atoms with Crippen molar-refractivity contribution in [1.29, 1.82) is 0 Å². The molecule has 3 rings (SSSR count). The highest BCUT2D eigenvalue weighted by Gasteiger charge is 2.33. The van der Waals surface area contributed by atoms with Gasteiger partial charge in [0.05, 0.1) is 11.0 Å². The van der Waals surface area contributed by atoms with E-state index in [9.17, 15) is 13.2 Å². The number of sulfonamides is 1. The third-order valence-corrected chi connectivity index (χ3v) is 6.50. The van der Waals surface area contributed by atoms with Crippen LogP contribution in [0, 0.1) is 5.92 Å². The molecular weight excluding hydrogens is 352 g/mol. The smallest absolute Gasteiger partial charge is 0.240 e. The van der Waals surface area contributed by atoms with E-state index in [4.69, 9.17) is 4.74 Å². The van der Waals surface area contributed by atoms with Gasteiger partial charge in [-0.2, -0.15) is 0 Å². The molecule has 0 spiro atoms. The number of hydrogen-bond acceptors (Lipinski definition) is 4. The lowest BCUT2D eigenvalue weighted by Crippen LogP contribution is -2.37. The third kappa shape index (κ3) is 4.27. The standard InChI is InChI=1S/C19H28N2O4S/c1-14(2)25-12-4-10-20-26(23,24)17-7-8-18-16(13-17)9-11-21(18)19(22)15-5-3-6-15/h7-8,13-15,20H,3-6,9-12H2,1-2H3. The predicted octanol–water partition coefficient (Wildman–Crippen LogP) is 2.47. The highest BCUT2D eigenvalue weighted by Crippen LogP contribution is 2.35. The lowest BCUT2D eigenvalue weighted by atomic mass is 9.84. The van der Waals surface area contributed by atoms with E-state index in [2.05, 4.69) is 4.72 Å². The van der Waals surface area contributed by atoms with Gasteiger partial charge in [-0.25, -0.2) is 13.1 Å². The molecule has 0 bridgehead atoms. The molecule has 0 unspecified atom stereocenters. The minimum absolute atomic E-state index is 0.147. The molecule has 1 amide bonds. The van der Waals surface area contributed by atoms with Gasteiger partial charge in [0.2, 0.25) is 15.9 Å². The van der Waals surface area contributed by atoms with Crippen LogP contribution >= 0.6 is 0 Å². The summed E-state index contributed by atoms with van der Waals surface area (Å²) in [6, 6.07) is 5.07. The number of ether oxygens (including phenoxy) is 1. The molecule has 26 heavy (non-hydrogen) atoms. The number of amides is 1. The van der Waals surface area contributed by atoms with Crippen LogP contribution in [0.1, 0.15) is 45.1 Å². The van der Waals surface area contributed by atoms with Crippen molar-refractivity contribution in [2.75, 3.05) is 24.6 Å². The second-order valence-corrected chi connectivity index (χ2v) is 9.10. The minimum Gasteiger partial charge on any atom is -0.379 e. The van der Waals surface area contributed by atoms with Gasteiger partial charge < -0.3 is 9.64 Å². The summed E-state index contributed by atoms with van der Waals surface area (Å²) in [4.78, 5) is 14.6. The zero-order valence-corrected chi connectivity index (χ0v) is 16.3. The Morgan fingerprint density at radius 2 is 2.12 bits per heavy atom. The van der Waals surface area contributed by atoms with Crippen molar-refractivity contribution in [3.05, 3.63) is 23.8 Å². The van der Waals surface area contributed by atoms with Crippen LogP contribution in [-0.4, -0.2) is 40.1 Å². The number of benzene rings is 1. The van der Waals surface area contributed by atoms with Crippen molar-refractivity contribution in [3.8, 4) is 0 Å². The monoisotopic (exact) mass is 380 g/mol. The number of nitrogens with zero attached hydrogens (tertiary/aromatic N) is 1. The lowest BCUT2D eigenvalue weighted by molar-refractivity contribution is -0.124. The van der Waals surface area contributed by atoms with Gasteiger partial charge in [-0.15, -0.1) is 0 Å². The largest absolute Gasteiger partial charge is 0.379 e. The maximum absolute atomic E-state index is 12.5. The van der Waals surface area contributed by atoms with Crippen molar-refractivity contribution in [1.82, 2.24) is 4.72 Å². The molecular formula is C19H28N2O4S. The van der Waals surface area contributed by atoms with Crippen LogP contribution in [0.4, 0.5) is 5.69 Å². The van der Waals surface area contributed by atoms with Gasteiger partial charge in [0.25, 0.3) is 0 Å². The van der Waals surface area contributed by atoms with Crippen molar-refractivity contribution in [2.45, 2.75) is 57.0 Å². The van der Waals surface area contributed by atoms with Crippen LogP contribution in [0.25, 0.3) is 0 Å². The van der Waals surface area contributed by atoms with Gasteiger partial charge in [0.15, 0.2) is 0 Å². The molecule has 7 heteroatoms. The lowest BCUT2D eigenvalue weighted by Gasteiger charge is -2.29. The van der Waals surface area contributed by atoms with Crippen LogP contribution in [0.2, 0.25) is 0 Å². The molecule has 144 valence electrons. The van der Waals surface area contributed by atoms with E-state index in [0.29, 0.717) is 32.5 Å². The molecule has 1 heterocycles. The zero-order chi connectivity index (χ0) is 18.7. The van der Waals surface area contributed by atoms with Crippen LogP contribution in [0.15, 0.2) is 23.1 Å². The third-order valence-electron chi connectivity index (χ3n) is 5.04. The fraction of sp³-hybridized carbons (Fsp3) is 0.632. The summed E-state index contributed by atoms with van der Waals surface area (Å²) in [6.07, 6.45) is 4.56. The molecule has 1 N–H and O–H groups in total. The molecule has 1 fully saturated rings. The molecule has 1 aliphatic carbocycles. The van der Waals surface area contributed by atoms with Gasteiger partial charge >= 0.3 is 0 Å². The number of carbonyl (C=O) groups is 1. The van der Waals surface area contributed by atoms with Gasteiger partial charge in [-0.3, -0.25) is 4.79 Å². The van der Waals surface area contributed by atoms with Crippen molar-refractivity contribution in [3.63, 3.8) is 0 Å². The Balaban J connectivity index is 1.62.